The molecule has 0 amide bonds. The topological polar surface area (TPSA) is 0 Å². The third-order valence-corrected chi connectivity index (χ3v) is 0. The van der Waals surface area contributed by atoms with Gasteiger partial charge < -0.3 is 0 Å². The summed E-state index contributed by atoms with van der Waals surface area (Å²) in [7, 11) is 14.9. The van der Waals surface area contributed by atoms with Crippen molar-refractivity contribution in [2.24, 2.45) is 0 Å². The zero-order chi connectivity index (χ0) is 3.58. The second-order valence-corrected chi connectivity index (χ2v) is 10.6. The molecule has 0 aliphatic heterocycles. The molecule has 0 nitrogen and oxygen atoms in total. The minimum absolute atomic E-state index is 1.94. The van der Waals surface area contributed by atoms with Crippen molar-refractivity contribution in [3.05, 3.63) is 0 Å². The molecule has 4 heteroatoms. The Balaban J connectivity index is 2.32. The number of rotatable bonds is 0. The van der Waals surface area contributed by atoms with Gasteiger partial charge in [-0.2, -0.15) is 0 Å². The predicted molar refractivity (Wildman–Crippen MR) is 23.3 cm³/mol. The fourth-order valence-corrected chi connectivity index (χ4v) is 0. The standard InChI is InChI=1S/Cl3Te/c1-4(2)3. The van der Waals surface area contributed by atoms with Gasteiger partial charge >= 0.3 is 43.1 Å². The first-order valence-electron chi connectivity index (χ1n) is 0.463. The van der Waals surface area contributed by atoms with Crippen molar-refractivity contribution in [1.29, 1.82) is 0 Å². The fourth-order valence-electron chi connectivity index (χ4n) is 0. The van der Waals surface area contributed by atoms with Crippen molar-refractivity contribution in [1.82, 2.24) is 0 Å². The normalized spacial score (nSPS) is 9.00. The van der Waals surface area contributed by atoms with Crippen molar-refractivity contribution in [3.63, 3.8) is 0 Å². The van der Waals surface area contributed by atoms with E-state index in [0.29, 0.717) is 0 Å². The molecular formula is Cl3Te. The van der Waals surface area contributed by atoms with Gasteiger partial charge in [-0.3, -0.25) is 0 Å². The third kappa shape index (κ3) is 9.40. The molecule has 0 aliphatic rings. The summed E-state index contributed by atoms with van der Waals surface area (Å²) in [6.07, 6.45) is 0. The first-order valence-corrected chi connectivity index (χ1v) is 9.32. The Labute approximate surface area is 42.9 Å². The van der Waals surface area contributed by atoms with Crippen molar-refractivity contribution >= 4 is 43.1 Å². The first-order chi connectivity index (χ1) is 1.73. The van der Waals surface area contributed by atoms with Crippen molar-refractivity contribution in [3.8, 4) is 0 Å². The fraction of sp³-hybridized carbons (Fsp3) is 0. The summed E-state index contributed by atoms with van der Waals surface area (Å²) in [5.74, 6) is 0. The molecule has 0 aliphatic carbocycles. The maximum atomic E-state index is 4.98. The average molecular weight is 234 g/mol. The van der Waals surface area contributed by atoms with Crippen LogP contribution in [0.3, 0.4) is 0 Å². The molecule has 0 aromatic heterocycles. The predicted octanol–water partition coefficient (Wildman–Crippen LogP) is 1.69. The quantitative estimate of drug-likeness (QED) is 0.559. The van der Waals surface area contributed by atoms with Crippen molar-refractivity contribution in [2.45, 2.75) is 0 Å². The molecule has 0 saturated carbocycles. The molecule has 1 radical (unpaired) electrons. The SMILES string of the molecule is Cl[Te](Cl)Cl. The van der Waals surface area contributed by atoms with Crippen LogP contribution in [0.1, 0.15) is 0 Å². The maximum absolute atomic E-state index is 4.98. The summed E-state index contributed by atoms with van der Waals surface area (Å²) >= 11 is -1.94. The minimum atomic E-state index is -1.94. The second-order valence-electron chi connectivity index (χ2n) is 0.175. The summed E-state index contributed by atoms with van der Waals surface area (Å²) < 4.78 is 0. The number of halogens is 3. The van der Waals surface area contributed by atoms with E-state index in [0.717, 1.165) is 0 Å². The molecule has 0 spiro atoms. The van der Waals surface area contributed by atoms with Crippen LogP contribution in [0.25, 0.3) is 0 Å². The molecule has 0 aromatic rings. The average Bonchev–Trinajstić information content (AvgIpc) is 0.811. The zero-order valence-corrected chi connectivity index (χ0v) is 6.14. The van der Waals surface area contributed by atoms with Crippen LogP contribution in [-0.4, -0.2) is 16.2 Å². The van der Waals surface area contributed by atoms with Gasteiger partial charge in [-0.05, 0) is 0 Å². The van der Waals surface area contributed by atoms with E-state index in [1.807, 2.05) is 0 Å². The van der Waals surface area contributed by atoms with Crippen molar-refractivity contribution in [2.75, 3.05) is 0 Å². The summed E-state index contributed by atoms with van der Waals surface area (Å²) in [5.41, 5.74) is 0. The number of hydrogen-bond donors (Lipinski definition) is 0. The molecule has 0 N–H and O–H groups in total. The first kappa shape index (κ1) is 5.66. The van der Waals surface area contributed by atoms with Crippen LogP contribution in [0.15, 0.2) is 0 Å². The van der Waals surface area contributed by atoms with E-state index < -0.39 is 16.2 Å². The van der Waals surface area contributed by atoms with E-state index in [1.165, 1.54) is 0 Å². The summed E-state index contributed by atoms with van der Waals surface area (Å²) in [4.78, 5) is 0. The van der Waals surface area contributed by atoms with E-state index in [4.69, 9.17) is 26.9 Å². The molecule has 0 bridgehead atoms. The molecule has 0 saturated heterocycles. The van der Waals surface area contributed by atoms with E-state index in [9.17, 15) is 0 Å². The van der Waals surface area contributed by atoms with Gasteiger partial charge in [-0.25, -0.2) is 0 Å². The molecule has 4 heavy (non-hydrogen) atoms. The van der Waals surface area contributed by atoms with E-state index in [-0.39, 0.29) is 0 Å². The van der Waals surface area contributed by atoms with E-state index in [2.05, 4.69) is 0 Å². The van der Waals surface area contributed by atoms with Crippen LogP contribution < -0.4 is 0 Å². The molecule has 27 valence electrons. The Kier molecular flexibility index (Phi) is 4.07. The monoisotopic (exact) mass is 235 g/mol. The van der Waals surface area contributed by atoms with Crippen LogP contribution >= 0.6 is 26.9 Å². The zero-order valence-electron chi connectivity index (χ0n) is 1.54. The van der Waals surface area contributed by atoms with Gasteiger partial charge in [0, 0.05) is 0 Å². The van der Waals surface area contributed by atoms with E-state index in [1.54, 1.807) is 0 Å². The Bertz CT molecular complexity index is 8.00. The van der Waals surface area contributed by atoms with E-state index >= 15 is 0 Å². The van der Waals surface area contributed by atoms with Gasteiger partial charge in [0.05, 0.1) is 0 Å². The summed E-state index contributed by atoms with van der Waals surface area (Å²) in [6.45, 7) is 0. The Morgan fingerprint density at radius 3 is 1.00 bits per heavy atom. The molecule has 0 rings (SSSR count). The molecule has 0 unspecified atom stereocenters. The van der Waals surface area contributed by atoms with Gasteiger partial charge in [-0.1, -0.05) is 0 Å². The van der Waals surface area contributed by atoms with Crippen LogP contribution in [0.4, 0.5) is 0 Å². The van der Waals surface area contributed by atoms with Gasteiger partial charge in [0.1, 0.15) is 0 Å². The Hall–Kier alpha value is 1.66. The van der Waals surface area contributed by atoms with Crippen LogP contribution in [0, 0.1) is 0 Å². The third-order valence-electron chi connectivity index (χ3n) is 0. The Morgan fingerprint density at radius 1 is 1.00 bits per heavy atom. The van der Waals surface area contributed by atoms with Gasteiger partial charge in [0.2, 0.25) is 0 Å². The second kappa shape index (κ2) is 2.87. The van der Waals surface area contributed by atoms with Crippen LogP contribution in [0.5, 0.6) is 0 Å². The summed E-state index contributed by atoms with van der Waals surface area (Å²) in [6, 6.07) is 0. The number of hydrogen-bond acceptors (Lipinski definition) is 0. The molecule has 0 fully saturated rings. The van der Waals surface area contributed by atoms with Crippen LogP contribution in [0.2, 0.25) is 0 Å². The summed E-state index contributed by atoms with van der Waals surface area (Å²) in [5, 5.41) is 0. The van der Waals surface area contributed by atoms with Crippen LogP contribution in [-0.2, 0) is 0 Å². The molecule has 0 atom stereocenters. The molecule has 0 heterocycles. The molecular weight excluding hydrogens is 234 g/mol. The van der Waals surface area contributed by atoms with Crippen molar-refractivity contribution < 1.29 is 0 Å². The van der Waals surface area contributed by atoms with Gasteiger partial charge in [0.25, 0.3) is 0 Å². The van der Waals surface area contributed by atoms with Gasteiger partial charge in [-0.15, -0.1) is 0 Å². The molecule has 0 aromatic carbocycles. The Morgan fingerprint density at radius 2 is 1.00 bits per heavy atom. The van der Waals surface area contributed by atoms with Gasteiger partial charge in [0.15, 0.2) is 0 Å².